The summed E-state index contributed by atoms with van der Waals surface area (Å²) in [5.41, 5.74) is 0.985. The van der Waals surface area contributed by atoms with Crippen molar-refractivity contribution in [2.75, 3.05) is 6.61 Å². The maximum Gasteiger partial charge on any atom is 0.140 e. The number of ether oxygens (including phenoxy) is 1. The van der Waals surface area contributed by atoms with E-state index in [0.717, 1.165) is 12.3 Å². The second-order valence-corrected chi connectivity index (χ2v) is 10.4. The van der Waals surface area contributed by atoms with Gasteiger partial charge in [0.25, 0.3) is 0 Å². The third kappa shape index (κ3) is 4.57. The highest BCUT2D eigenvalue weighted by Crippen LogP contribution is 2.07. The van der Waals surface area contributed by atoms with Crippen LogP contribution in [0.2, 0.25) is 25.7 Å². The molecule has 0 fully saturated rings. The summed E-state index contributed by atoms with van der Waals surface area (Å²) in [6.45, 7) is 10.4. The molecule has 3 nitrogen and oxygen atoms in total. The minimum absolute atomic E-state index is 0.526. The molecular weight excluding hydrogens is 192 g/mol. The normalized spacial score (nSPS) is 12.0. The van der Waals surface area contributed by atoms with Gasteiger partial charge < -0.3 is 4.74 Å². The molecule has 4 heteroatoms. The van der Waals surface area contributed by atoms with E-state index in [2.05, 4.69) is 30.9 Å². The number of aryl methyl sites for hydroxylation is 1. The smallest absolute Gasteiger partial charge is 0.140 e. The molecule has 0 spiro atoms. The van der Waals surface area contributed by atoms with Crippen molar-refractivity contribution in [3.63, 3.8) is 0 Å². The van der Waals surface area contributed by atoms with Crippen molar-refractivity contribution in [1.82, 2.24) is 9.78 Å². The second-order valence-electron chi connectivity index (χ2n) is 4.76. The zero-order valence-corrected chi connectivity index (χ0v) is 10.5. The Hall–Kier alpha value is -0.613. The van der Waals surface area contributed by atoms with Crippen LogP contribution in [0.25, 0.3) is 0 Å². The first-order valence-electron chi connectivity index (χ1n) is 4.97. The van der Waals surface area contributed by atoms with Gasteiger partial charge in [-0.05, 0) is 19.0 Å². The van der Waals surface area contributed by atoms with Crippen LogP contribution >= 0.6 is 0 Å². The predicted molar refractivity (Wildman–Crippen MR) is 59.9 cm³/mol. The largest absolute Gasteiger partial charge is 0.360 e. The van der Waals surface area contributed by atoms with Crippen LogP contribution < -0.4 is 0 Å². The van der Waals surface area contributed by atoms with E-state index in [1.165, 1.54) is 6.04 Å². The summed E-state index contributed by atoms with van der Waals surface area (Å²) in [5, 5.41) is 4.19. The number of rotatable bonds is 5. The molecule has 79 valence electrons. The molecule has 14 heavy (non-hydrogen) atoms. The number of nitrogens with zero attached hydrogens (tertiary/aromatic N) is 2. The molecule has 1 aromatic rings. The number of aromatic nitrogens is 2. The SMILES string of the molecule is Cc1c[c]n(COCC[Si](C)(C)C)n1. The lowest BCUT2D eigenvalue weighted by molar-refractivity contribution is 0.0778. The molecule has 0 aliphatic rings. The van der Waals surface area contributed by atoms with Crippen LogP contribution in [-0.2, 0) is 11.5 Å². The quantitative estimate of drug-likeness (QED) is 0.552. The van der Waals surface area contributed by atoms with Crippen LogP contribution in [0.4, 0.5) is 0 Å². The second kappa shape index (κ2) is 4.75. The lowest BCUT2D eigenvalue weighted by Crippen LogP contribution is -2.22. The molecule has 1 radical (unpaired) electrons. The maximum absolute atomic E-state index is 5.51. The first-order chi connectivity index (χ1) is 6.47. The van der Waals surface area contributed by atoms with Gasteiger partial charge in [0.15, 0.2) is 0 Å². The van der Waals surface area contributed by atoms with E-state index in [9.17, 15) is 0 Å². The van der Waals surface area contributed by atoms with Crippen molar-refractivity contribution in [2.24, 2.45) is 0 Å². The van der Waals surface area contributed by atoms with Crippen LogP contribution in [0.1, 0.15) is 5.69 Å². The first-order valence-corrected chi connectivity index (χ1v) is 8.68. The molecule has 0 aliphatic carbocycles. The Balaban J connectivity index is 2.16. The summed E-state index contributed by atoms with van der Waals surface area (Å²) in [6, 6.07) is 3.06. The standard InChI is InChI=1S/C10H19N2OSi/c1-10-5-6-12(11-10)9-13-7-8-14(2,3)4/h5H,7-9H2,1-4H3. The predicted octanol–water partition coefficient (Wildman–Crippen LogP) is 2.30. The number of hydrogen-bond acceptors (Lipinski definition) is 2. The molecule has 0 aliphatic heterocycles. The van der Waals surface area contributed by atoms with Gasteiger partial charge in [-0.2, -0.15) is 5.10 Å². The Morgan fingerprint density at radius 1 is 1.50 bits per heavy atom. The minimum atomic E-state index is -0.955. The molecule has 1 heterocycles. The molecule has 0 aromatic carbocycles. The first kappa shape index (κ1) is 11.5. The van der Waals surface area contributed by atoms with E-state index in [4.69, 9.17) is 4.74 Å². The van der Waals surface area contributed by atoms with E-state index < -0.39 is 8.07 Å². The van der Waals surface area contributed by atoms with Gasteiger partial charge in [-0.1, -0.05) is 19.6 Å². The highest BCUT2D eigenvalue weighted by molar-refractivity contribution is 6.76. The van der Waals surface area contributed by atoms with Crippen LogP contribution in [0.15, 0.2) is 6.07 Å². The zero-order valence-electron chi connectivity index (χ0n) is 9.50. The van der Waals surface area contributed by atoms with Gasteiger partial charge in [0.1, 0.15) is 6.73 Å². The zero-order chi connectivity index (χ0) is 10.6. The molecular formula is C10H19N2OSi. The van der Waals surface area contributed by atoms with Crippen LogP contribution in [0, 0.1) is 13.1 Å². The lowest BCUT2D eigenvalue weighted by atomic mass is 10.5. The Bertz CT molecular complexity index is 278. The molecule has 0 amide bonds. The minimum Gasteiger partial charge on any atom is -0.360 e. The van der Waals surface area contributed by atoms with E-state index in [1.807, 2.05) is 13.0 Å². The number of hydrogen-bond donors (Lipinski definition) is 0. The van der Waals surface area contributed by atoms with Gasteiger partial charge in [0, 0.05) is 14.7 Å². The monoisotopic (exact) mass is 211 g/mol. The molecule has 1 aromatic heterocycles. The van der Waals surface area contributed by atoms with Crippen LogP contribution in [0.3, 0.4) is 0 Å². The Morgan fingerprint density at radius 2 is 2.21 bits per heavy atom. The molecule has 0 saturated heterocycles. The molecule has 0 saturated carbocycles. The molecule has 0 unspecified atom stereocenters. The molecule has 0 N–H and O–H groups in total. The average molecular weight is 211 g/mol. The fraction of sp³-hybridized carbons (Fsp3) is 0.700. The molecule has 0 atom stereocenters. The van der Waals surface area contributed by atoms with Crippen molar-refractivity contribution >= 4 is 8.07 Å². The average Bonchev–Trinajstić information content (AvgIpc) is 2.44. The summed E-state index contributed by atoms with van der Waals surface area (Å²) < 4.78 is 7.22. The molecule has 1 rings (SSSR count). The van der Waals surface area contributed by atoms with E-state index >= 15 is 0 Å². The Kier molecular flexibility index (Phi) is 3.89. The van der Waals surface area contributed by atoms with E-state index in [1.54, 1.807) is 4.68 Å². The van der Waals surface area contributed by atoms with Gasteiger partial charge in [-0.15, -0.1) is 0 Å². The van der Waals surface area contributed by atoms with Crippen LogP contribution in [-0.4, -0.2) is 24.5 Å². The fourth-order valence-electron chi connectivity index (χ4n) is 1.01. The van der Waals surface area contributed by atoms with Crippen molar-refractivity contribution in [1.29, 1.82) is 0 Å². The fourth-order valence-corrected chi connectivity index (χ4v) is 1.77. The van der Waals surface area contributed by atoms with Crippen molar-refractivity contribution < 1.29 is 4.74 Å². The van der Waals surface area contributed by atoms with Crippen molar-refractivity contribution in [2.45, 2.75) is 39.3 Å². The van der Waals surface area contributed by atoms with Gasteiger partial charge in [0.2, 0.25) is 0 Å². The Morgan fingerprint density at radius 3 is 2.71 bits per heavy atom. The molecule has 0 bridgehead atoms. The summed E-state index contributed by atoms with van der Waals surface area (Å²) in [5.74, 6) is 0. The highest BCUT2D eigenvalue weighted by Gasteiger charge is 2.11. The lowest BCUT2D eigenvalue weighted by Gasteiger charge is -2.15. The third-order valence-corrected chi connectivity index (χ3v) is 3.62. The van der Waals surface area contributed by atoms with Crippen LogP contribution in [0.5, 0.6) is 0 Å². The van der Waals surface area contributed by atoms with E-state index in [-0.39, 0.29) is 0 Å². The van der Waals surface area contributed by atoms with Gasteiger partial charge in [0.05, 0.1) is 11.9 Å². The topological polar surface area (TPSA) is 27.1 Å². The van der Waals surface area contributed by atoms with Gasteiger partial charge in [-0.25, -0.2) is 4.68 Å². The third-order valence-electron chi connectivity index (χ3n) is 1.91. The Labute approximate surface area is 87.1 Å². The highest BCUT2D eigenvalue weighted by atomic mass is 28.3. The van der Waals surface area contributed by atoms with Gasteiger partial charge in [-0.3, -0.25) is 0 Å². The van der Waals surface area contributed by atoms with Gasteiger partial charge >= 0.3 is 0 Å². The maximum atomic E-state index is 5.51. The summed E-state index contributed by atoms with van der Waals surface area (Å²) in [7, 11) is -0.955. The van der Waals surface area contributed by atoms with E-state index in [0.29, 0.717) is 6.73 Å². The van der Waals surface area contributed by atoms with Crippen molar-refractivity contribution in [3.05, 3.63) is 18.0 Å². The summed E-state index contributed by atoms with van der Waals surface area (Å²) in [4.78, 5) is 0. The summed E-state index contributed by atoms with van der Waals surface area (Å²) >= 11 is 0. The summed E-state index contributed by atoms with van der Waals surface area (Å²) in [6.07, 6.45) is 2.99. The van der Waals surface area contributed by atoms with Crippen molar-refractivity contribution in [3.8, 4) is 0 Å².